The molecule has 0 bridgehead atoms. The topological polar surface area (TPSA) is 54.1 Å². The molecule has 2 aromatic rings. The Morgan fingerprint density at radius 3 is 2.24 bits per heavy atom. The van der Waals surface area contributed by atoms with Gasteiger partial charge in [-0.3, -0.25) is 4.99 Å². The third kappa shape index (κ3) is 6.94. The molecule has 2 saturated heterocycles. The minimum atomic E-state index is -2.84. The molecule has 2 aromatic carbocycles. The molecule has 5 nitrogen and oxygen atoms in total. The van der Waals surface area contributed by atoms with E-state index in [1.165, 1.54) is 19.2 Å². The van der Waals surface area contributed by atoms with Crippen LogP contribution in [0.3, 0.4) is 0 Å². The number of nitrogens with zero attached hydrogens (tertiary/aromatic N) is 3. The zero-order chi connectivity index (χ0) is 31.8. The Kier molecular flexibility index (Phi) is 12.9. The minimum Gasteiger partial charge on any atom is -0.388 e. The molecule has 0 aromatic heterocycles. The van der Waals surface area contributed by atoms with Crippen molar-refractivity contribution >= 4 is 5.84 Å². The van der Waals surface area contributed by atoms with Gasteiger partial charge in [0.15, 0.2) is 0 Å². The average molecular weight is 601 g/mol. The van der Waals surface area contributed by atoms with E-state index in [1.54, 1.807) is 37.0 Å². The summed E-state index contributed by atoms with van der Waals surface area (Å²) in [4.78, 5) is 7.89. The molecule has 3 aliphatic rings. The number of fused-ring (bicyclic) bond motifs is 2. The molecule has 0 aliphatic carbocycles. The number of rotatable bonds is 4. The summed E-state index contributed by atoms with van der Waals surface area (Å²) in [6.45, 7) is 10.3. The summed E-state index contributed by atoms with van der Waals surface area (Å²) in [5.41, 5.74) is 5.52. The molecule has 1 unspecified atom stereocenters. The number of alkyl halides is 4. The molecule has 42 heavy (non-hydrogen) atoms. The Labute approximate surface area is 245 Å². The van der Waals surface area contributed by atoms with Gasteiger partial charge >= 0.3 is 0 Å². The monoisotopic (exact) mass is 600 g/mol. The second-order valence-corrected chi connectivity index (χ2v) is 9.72. The molecule has 11 heteroatoms. The highest BCUT2D eigenvalue weighted by atomic mass is 19.3. The van der Waals surface area contributed by atoms with E-state index in [1.807, 2.05) is 13.8 Å². The molecule has 3 aliphatic heterocycles. The quantitative estimate of drug-likeness (QED) is 0.381. The number of hydrogen-bond acceptors (Lipinski definition) is 5. The first-order chi connectivity index (χ1) is 20.0. The van der Waals surface area contributed by atoms with Crippen LogP contribution in [-0.2, 0) is 17.7 Å². The van der Waals surface area contributed by atoms with Gasteiger partial charge in [0.05, 0.1) is 18.2 Å². The van der Waals surface area contributed by atoms with Crippen LogP contribution in [0.5, 0.6) is 0 Å². The molecule has 2 N–H and O–H groups in total. The molecule has 0 saturated carbocycles. The van der Waals surface area contributed by atoms with Crippen molar-refractivity contribution in [1.82, 2.24) is 9.80 Å². The Morgan fingerprint density at radius 2 is 1.69 bits per heavy atom. The first kappa shape index (κ1) is 35.1. The Balaban J connectivity index is 0.000000813. The van der Waals surface area contributed by atoms with E-state index in [2.05, 4.69) is 22.0 Å². The number of halogens is 6. The van der Waals surface area contributed by atoms with Crippen LogP contribution in [0.4, 0.5) is 26.3 Å². The van der Waals surface area contributed by atoms with E-state index in [4.69, 9.17) is 0 Å². The van der Waals surface area contributed by atoms with Gasteiger partial charge < -0.3 is 20.3 Å². The van der Waals surface area contributed by atoms with Crippen molar-refractivity contribution in [2.45, 2.75) is 65.0 Å². The van der Waals surface area contributed by atoms with Gasteiger partial charge in [0, 0.05) is 45.2 Å². The highest BCUT2D eigenvalue weighted by Gasteiger charge is 2.57. The Hall–Kier alpha value is -3.05. The van der Waals surface area contributed by atoms with Crippen molar-refractivity contribution in [1.29, 1.82) is 0 Å². The van der Waals surface area contributed by atoms with E-state index in [9.17, 15) is 26.3 Å². The SMILES string of the molecule is C=C1N(C2=NCc3cc(CC(F)F)cc(-c4c(F)cccc4F)c32)CC[C@H]2N1CC(CC)C2(F)F.CC.CN.COC. The molecule has 234 valence electrons. The fourth-order valence-electron chi connectivity index (χ4n) is 5.63. The lowest BCUT2D eigenvalue weighted by Crippen LogP contribution is -2.51. The van der Waals surface area contributed by atoms with Gasteiger partial charge in [0.2, 0.25) is 6.43 Å². The van der Waals surface area contributed by atoms with E-state index in [0.717, 1.165) is 12.1 Å². The number of amidine groups is 1. The van der Waals surface area contributed by atoms with Gasteiger partial charge in [-0.1, -0.05) is 39.5 Å². The van der Waals surface area contributed by atoms with Crippen LogP contribution in [0.15, 0.2) is 47.7 Å². The van der Waals surface area contributed by atoms with Gasteiger partial charge in [-0.2, -0.15) is 0 Å². The lowest BCUT2D eigenvalue weighted by molar-refractivity contribution is -0.0715. The highest BCUT2D eigenvalue weighted by Crippen LogP contribution is 2.47. The average Bonchev–Trinajstić information content (AvgIpc) is 3.49. The van der Waals surface area contributed by atoms with E-state index < -0.39 is 42.4 Å². The number of nitrogens with two attached hydrogens (primary N) is 1. The maximum Gasteiger partial charge on any atom is 0.272 e. The first-order valence-electron chi connectivity index (χ1n) is 14.1. The molecular formula is C31H42F6N4O. The fraction of sp³-hybridized carbons (Fsp3) is 0.516. The molecule has 5 rings (SSSR count). The maximum atomic E-state index is 14.9. The second-order valence-electron chi connectivity index (χ2n) is 9.72. The van der Waals surface area contributed by atoms with Crippen molar-refractivity contribution in [2.24, 2.45) is 16.6 Å². The first-order valence-corrected chi connectivity index (χ1v) is 14.1. The molecule has 2 fully saturated rings. The van der Waals surface area contributed by atoms with E-state index in [-0.39, 0.29) is 42.7 Å². The third-order valence-corrected chi connectivity index (χ3v) is 7.32. The van der Waals surface area contributed by atoms with Gasteiger partial charge in [-0.25, -0.2) is 26.3 Å². The van der Waals surface area contributed by atoms with Crippen LogP contribution < -0.4 is 5.73 Å². The van der Waals surface area contributed by atoms with Crippen LogP contribution in [0.25, 0.3) is 11.1 Å². The lowest BCUT2D eigenvalue weighted by atomic mass is 9.91. The molecule has 2 atom stereocenters. The van der Waals surface area contributed by atoms with Gasteiger partial charge in [0.1, 0.15) is 23.3 Å². The Morgan fingerprint density at radius 1 is 1.10 bits per heavy atom. The molecule has 0 spiro atoms. The highest BCUT2D eigenvalue weighted by molar-refractivity contribution is 6.08. The molecule has 3 heterocycles. The van der Waals surface area contributed by atoms with Crippen LogP contribution in [0.1, 0.15) is 50.3 Å². The standard InChI is InChI=1S/C26H25F6N3.C2H6O.C2H6.CH5N/c1-3-17-13-35-14(2)34(8-7-21(35)26(17,31)32)25-23-16(12-33-25)9-15(11-22(29)30)10-18(23)24-19(27)5-4-6-20(24)28;1-3-2;2*1-2/h4-6,9-10,17,21-22H,2-3,7-8,11-13H2,1H3;1-2H3;1-2H3;2H2,1H3/t17?,21-;;;/m1.../s1. The number of hydrogen-bond donors (Lipinski definition) is 1. The summed E-state index contributed by atoms with van der Waals surface area (Å²) < 4.78 is 90.1. The largest absolute Gasteiger partial charge is 0.388 e. The third-order valence-electron chi connectivity index (χ3n) is 7.32. The van der Waals surface area contributed by atoms with Gasteiger partial charge in [-0.05, 0) is 54.8 Å². The van der Waals surface area contributed by atoms with E-state index in [0.29, 0.717) is 29.2 Å². The van der Waals surface area contributed by atoms with Crippen molar-refractivity contribution in [3.8, 4) is 11.1 Å². The zero-order valence-corrected chi connectivity index (χ0v) is 25.2. The summed E-state index contributed by atoms with van der Waals surface area (Å²) in [6.07, 6.45) is -2.69. The van der Waals surface area contributed by atoms with Crippen LogP contribution in [0, 0.1) is 17.6 Å². The number of methoxy groups -OCH3 is 1. The van der Waals surface area contributed by atoms with Crippen LogP contribution in [0.2, 0.25) is 0 Å². The summed E-state index contributed by atoms with van der Waals surface area (Å²) in [5.74, 6) is -4.55. The van der Waals surface area contributed by atoms with Gasteiger partial charge in [0.25, 0.3) is 5.92 Å². The maximum absolute atomic E-state index is 14.9. The molecule has 0 radical (unpaired) electrons. The summed E-state index contributed by atoms with van der Waals surface area (Å²) >= 11 is 0. The summed E-state index contributed by atoms with van der Waals surface area (Å²) in [7, 11) is 4.75. The van der Waals surface area contributed by atoms with Crippen molar-refractivity contribution in [3.05, 3.63) is 71.1 Å². The number of ether oxygens (including phenoxy) is 1. The zero-order valence-electron chi connectivity index (χ0n) is 25.2. The predicted octanol–water partition coefficient (Wildman–Crippen LogP) is 7.09. The summed E-state index contributed by atoms with van der Waals surface area (Å²) in [6, 6.07) is 5.44. The van der Waals surface area contributed by atoms with Gasteiger partial charge in [-0.15, -0.1) is 0 Å². The minimum absolute atomic E-state index is 0.123. The molecule has 0 amide bonds. The number of benzene rings is 2. The second kappa shape index (κ2) is 15.4. The smallest absolute Gasteiger partial charge is 0.272 e. The van der Waals surface area contributed by atoms with Crippen LogP contribution in [-0.4, -0.2) is 68.4 Å². The Bertz CT molecular complexity index is 1220. The predicted molar refractivity (Wildman–Crippen MR) is 156 cm³/mol. The number of aliphatic imine (C=N–C) groups is 1. The van der Waals surface area contributed by atoms with Crippen LogP contribution >= 0.6 is 0 Å². The summed E-state index contributed by atoms with van der Waals surface area (Å²) in [5, 5.41) is 0. The van der Waals surface area contributed by atoms with Crippen molar-refractivity contribution in [2.75, 3.05) is 34.4 Å². The van der Waals surface area contributed by atoms with Crippen molar-refractivity contribution in [3.63, 3.8) is 0 Å². The molecular weight excluding hydrogens is 558 g/mol. The lowest BCUT2D eigenvalue weighted by Gasteiger charge is -2.42. The normalized spacial score (nSPS) is 20.0. The van der Waals surface area contributed by atoms with Crippen molar-refractivity contribution < 1.29 is 31.1 Å². The van der Waals surface area contributed by atoms with E-state index >= 15 is 0 Å². The fourth-order valence-corrected chi connectivity index (χ4v) is 5.63.